The highest BCUT2D eigenvalue weighted by molar-refractivity contribution is 5.79. The highest BCUT2D eigenvalue weighted by atomic mass is 16.3. The van der Waals surface area contributed by atoms with Crippen LogP contribution in [-0.2, 0) is 4.79 Å². The van der Waals surface area contributed by atoms with Crippen LogP contribution in [0.2, 0.25) is 0 Å². The zero-order valence-electron chi connectivity index (χ0n) is 23.5. The topological polar surface area (TPSA) is 40.5 Å². The summed E-state index contributed by atoms with van der Waals surface area (Å²) in [6, 6.07) is 0.573. The van der Waals surface area contributed by atoms with Gasteiger partial charge in [0.25, 0.3) is 0 Å². The molecule has 4 aliphatic carbocycles. The van der Waals surface area contributed by atoms with Crippen LogP contribution in [0.5, 0.6) is 0 Å². The molecule has 1 N–H and O–H groups in total. The summed E-state index contributed by atoms with van der Waals surface area (Å²) < 4.78 is 0. The summed E-state index contributed by atoms with van der Waals surface area (Å²) in [5.74, 6) is 3.60. The van der Waals surface area contributed by atoms with Gasteiger partial charge in [-0.1, -0.05) is 55.4 Å². The molecule has 0 aromatic heterocycles. The Kier molecular flexibility index (Phi) is 11.4. The van der Waals surface area contributed by atoms with Gasteiger partial charge in [0.1, 0.15) is 5.78 Å². The standard InChI is InChI=1S/C23H39NO2.3C2H6/c1-14(25)18-8-9-19-17-7-6-15-12-16(26)10-11-22(15,2)21(17)20(24(4)5)13-23(18,19)3;3*1-2/h15-21,26H,6-13H2,1-5H3;3*1-2H3/t15?,16-,17+,18-,19?,20-,21?,22+,23-;;;/m1.../s1. The van der Waals surface area contributed by atoms with Crippen molar-refractivity contribution < 1.29 is 9.90 Å². The lowest BCUT2D eigenvalue weighted by Crippen LogP contribution is -2.62. The Bertz CT molecular complexity index is 576. The van der Waals surface area contributed by atoms with Crippen molar-refractivity contribution in [1.82, 2.24) is 4.90 Å². The summed E-state index contributed by atoms with van der Waals surface area (Å²) in [6.45, 7) is 18.8. The van der Waals surface area contributed by atoms with Crippen molar-refractivity contribution in [2.75, 3.05) is 14.1 Å². The second kappa shape index (κ2) is 12.3. The molecule has 4 saturated carbocycles. The SMILES string of the molecule is CC.CC.CC.CC(=O)[C@H]1CCC2[C@@H]3CCC4C[C@H](O)CC[C@]4(C)C3[C@H](N(C)C)C[C@@]21C. The Hall–Kier alpha value is -0.410. The predicted molar refractivity (Wildman–Crippen MR) is 139 cm³/mol. The minimum absolute atomic E-state index is 0.0788. The highest BCUT2D eigenvalue weighted by Crippen LogP contribution is 2.68. The minimum Gasteiger partial charge on any atom is -0.393 e. The van der Waals surface area contributed by atoms with Gasteiger partial charge in [-0.3, -0.25) is 4.79 Å². The van der Waals surface area contributed by atoms with Gasteiger partial charge in [-0.25, -0.2) is 0 Å². The van der Waals surface area contributed by atoms with Crippen LogP contribution in [0.3, 0.4) is 0 Å². The summed E-state index contributed by atoms with van der Waals surface area (Å²) in [4.78, 5) is 14.9. The molecule has 4 aliphatic rings. The molecular formula is C29H57NO2. The maximum atomic E-state index is 12.4. The summed E-state index contributed by atoms with van der Waals surface area (Å²) >= 11 is 0. The van der Waals surface area contributed by atoms with E-state index in [1.54, 1.807) is 0 Å². The maximum Gasteiger partial charge on any atom is 0.133 e. The third-order valence-electron chi connectivity index (χ3n) is 9.72. The molecule has 0 heterocycles. The van der Waals surface area contributed by atoms with E-state index in [0.717, 1.165) is 37.0 Å². The maximum absolute atomic E-state index is 12.4. The van der Waals surface area contributed by atoms with E-state index in [1.165, 1.54) is 32.1 Å². The lowest BCUT2D eigenvalue weighted by molar-refractivity contribution is -0.160. The van der Waals surface area contributed by atoms with Crippen LogP contribution in [0.1, 0.15) is 114 Å². The molecule has 0 radical (unpaired) electrons. The average molecular weight is 452 g/mol. The molecule has 0 bridgehead atoms. The molecule has 0 amide bonds. The number of hydrogen-bond acceptors (Lipinski definition) is 3. The Morgan fingerprint density at radius 1 is 0.875 bits per heavy atom. The quantitative estimate of drug-likeness (QED) is 0.482. The van der Waals surface area contributed by atoms with E-state index in [2.05, 4.69) is 32.8 Å². The molecule has 0 spiro atoms. The van der Waals surface area contributed by atoms with E-state index in [4.69, 9.17) is 0 Å². The average Bonchev–Trinajstić information content (AvgIpc) is 3.15. The number of aliphatic hydroxyl groups excluding tert-OH is 1. The van der Waals surface area contributed by atoms with Crippen LogP contribution in [0, 0.1) is 40.4 Å². The van der Waals surface area contributed by atoms with Gasteiger partial charge in [0.15, 0.2) is 0 Å². The zero-order valence-corrected chi connectivity index (χ0v) is 23.5. The van der Waals surface area contributed by atoms with Gasteiger partial charge >= 0.3 is 0 Å². The minimum atomic E-state index is -0.0788. The first kappa shape index (κ1) is 29.6. The molecule has 32 heavy (non-hydrogen) atoms. The molecule has 4 fully saturated rings. The Morgan fingerprint density at radius 2 is 1.47 bits per heavy atom. The lowest BCUT2D eigenvalue weighted by Gasteiger charge is -2.64. The Balaban J connectivity index is 0.000000789. The van der Waals surface area contributed by atoms with Crippen molar-refractivity contribution in [3.05, 3.63) is 0 Å². The molecule has 0 saturated heterocycles. The number of fused-ring (bicyclic) bond motifs is 5. The largest absolute Gasteiger partial charge is 0.393 e. The van der Waals surface area contributed by atoms with Crippen molar-refractivity contribution in [3.8, 4) is 0 Å². The normalized spacial score (nSPS) is 44.2. The number of Topliss-reactive ketones (excluding diaryl/α,β-unsaturated/α-hetero) is 1. The first-order valence-electron chi connectivity index (χ1n) is 14.0. The smallest absolute Gasteiger partial charge is 0.133 e. The molecule has 190 valence electrons. The van der Waals surface area contributed by atoms with E-state index in [0.29, 0.717) is 23.2 Å². The monoisotopic (exact) mass is 451 g/mol. The van der Waals surface area contributed by atoms with Gasteiger partial charge in [0.2, 0.25) is 0 Å². The number of hydrogen-bond donors (Lipinski definition) is 1. The fourth-order valence-corrected chi connectivity index (χ4v) is 8.53. The number of nitrogens with zero attached hydrogens (tertiary/aromatic N) is 1. The summed E-state index contributed by atoms with van der Waals surface area (Å²) in [7, 11) is 4.52. The van der Waals surface area contributed by atoms with Crippen molar-refractivity contribution in [2.45, 2.75) is 126 Å². The van der Waals surface area contributed by atoms with Crippen LogP contribution in [-0.4, -0.2) is 42.0 Å². The Morgan fingerprint density at radius 3 is 2.00 bits per heavy atom. The number of carbonyl (C=O) groups excluding carboxylic acids is 1. The summed E-state index contributed by atoms with van der Waals surface area (Å²) in [5, 5.41) is 10.3. The second-order valence-electron chi connectivity index (χ2n) is 11.0. The molecule has 0 aromatic carbocycles. The first-order chi connectivity index (χ1) is 15.2. The van der Waals surface area contributed by atoms with Crippen molar-refractivity contribution in [3.63, 3.8) is 0 Å². The number of ketones is 1. The molecule has 3 unspecified atom stereocenters. The van der Waals surface area contributed by atoms with Crippen LogP contribution in [0.15, 0.2) is 0 Å². The molecule has 4 rings (SSSR count). The fourth-order valence-electron chi connectivity index (χ4n) is 8.53. The van der Waals surface area contributed by atoms with E-state index in [-0.39, 0.29) is 17.4 Å². The lowest BCUT2D eigenvalue weighted by atomic mass is 9.43. The van der Waals surface area contributed by atoms with E-state index in [1.807, 2.05) is 48.5 Å². The van der Waals surface area contributed by atoms with Crippen molar-refractivity contribution in [1.29, 1.82) is 0 Å². The van der Waals surface area contributed by atoms with Gasteiger partial charge in [-0.05, 0) is 107 Å². The van der Waals surface area contributed by atoms with E-state index in [9.17, 15) is 9.90 Å². The van der Waals surface area contributed by atoms with Gasteiger partial charge in [-0.15, -0.1) is 0 Å². The second-order valence-corrected chi connectivity index (χ2v) is 11.0. The molecule has 3 heteroatoms. The van der Waals surface area contributed by atoms with Crippen LogP contribution >= 0.6 is 0 Å². The highest BCUT2D eigenvalue weighted by Gasteiger charge is 2.63. The van der Waals surface area contributed by atoms with Crippen LogP contribution < -0.4 is 0 Å². The fraction of sp³-hybridized carbons (Fsp3) is 0.966. The number of rotatable bonds is 2. The number of aliphatic hydroxyl groups is 1. The summed E-state index contributed by atoms with van der Waals surface area (Å²) in [5.41, 5.74) is 0.562. The molecule has 0 aromatic rings. The third kappa shape index (κ3) is 5.14. The molecule has 0 aliphatic heterocycles. The number of carbonyl (C=O) groups is 1. The molecular weight excluding hydrogens is 394 g/mol. The first-order valence-corrected chi connectivity index (χ1v) is 14.0. The van der Waals surface area contributed by atoms with Crippen molar-refractivity contribution in [2.24, 2.45) is 40.4 Å². The van der Waals surface area contributed by atoms with E-state index >= 15 is 0 Å². The van der Waals surface area contributed by atoms with Crippen LogP contribution in [0.4, 0.5) is 0 Å². The van der Waals surface area contributed by atoms with Crippen LogP contribution in [0.25, 0.3) is 0 Å². The molecule has 3 nitrogen and oxygen atoms in total. The van der Waals surface area contributed by atoms with Gasteiger partial charge in [-0.2, -0.15) is 0 Å². The molecule has 9 atom stereocenters. The van der Waals surface area contributed by atoms with Gasteiger partial charge in [0, 0.05) is 12.0 Å². The van der Waals surface area contributed by atoms with E-state index < -0.39 is 0 Å². The van der Waals surface area contributed by atoms with Gasteiger partial charge in [0.05, 0.1) is 6.10 Å². The Labute approximate surface area is 201 Å². The summed E-state index contributed by atoms with van der Waals surface area (Å²) in [6.07, 6.45) is 9.24. The van der Waals surface area contributed by atoms with Gasteiger partial charge < -0.3 is 10.0 Å². The zero-order chi connectivity index (χ0) is 24.9. The predicted octanol–water partition coefficient (Wildman–Crippen LogP) is 7.21. The van der Waals surface area contributed by atoms with Crippen molar-refractivity contribution >= 4 is 5.78 Å². The third-order valence-corrected chi connectivity index (χ3v) is 9.72.